The van der Waals surface area contributed by atoms with Gasteiger partial charge in [0.1, 0.15) is 11.6 Å². The Kier molecular flexibility index (Phi) is 6.29. The predicted octanol–water partition coefficient (Wildman–Crippen LogP) is 5.98. The van der Waals surface area contributed by atoms with E-state index < -0.39 is 15.8 Å². The van der Waals surface area contributed by atoms with Gasteiger partial charge in [-0.15, -0.1) is 0 Å². The number of hydrogen-bond donors (Lipinski definition) is 1. The number of sulfonamides is 1. The molecule has 5 rings (SSSR count). The molecule has 2 aromatic heterocycles. The van der Waals surface area contributed by atoms with Crippen molar-refractivity contribution in [3.63, 3.8) is 0 Å². The highest BCUT2D eigenvalue weighted by Crippen LogP contribution is 2.32. The third-order valence-corrected chi connectivity index (χ3v) is 7.93. The van der Waals surface area contributed by atoms with Crippen molar-refractivity contribution >= 4 is 48.3 Å². The van der Waals surface area contributed by atoms with E-state index in [1.54, 1.807) is 35.4 Å². The number of thiazole rings is 1. The summed E-state index contributed by atoms with van der Waals surface area (Å²) in [5, 5.41) is 0.529. The summed E-state index contributed by atoms with van der Waals surface area (Å²) in [4.78, 5) is 19.7. The number of halogens is 1. The van der Waals surface area contributed by atoms with E-state index >= 15 is 0 Å². The van der Waals surface area contributed by atoms with Crippen molar-refractivity contribution in [1.82, 2.24) is 4.98 Å². The summed E-state index contributed by atoms with van der Waals surface area (Å²) < 4.78 is 47.2. The molecular formula is C26H20FN3O4S2. The van der Waals surface area contributed by atoms with E-state index in [1.165, 1.54) is 35.6 Å². The molecule has 0 radical (unpaired) electrons. The number of benzene rings is 3. The minimum Gasteiger partial charge on any atom is -0.467 e. The molecule has 0 saturated carbocycles. The second kappa shape index (κ2) is 9.56. The molecule has 0 saturated heterocycles. The maximum atomic E-state index is 13.6. The number of furan rings is 1. The van der Waals surface area contributed by atoms with Gasteiger partial charge in [0.2, 0.25) is 0 Å². The van der Waals surface area contributed by atoms with Crippen LogP contribution in [0.5, 0.6) is 0 Å². The van der Waals surface area contributed by atoms with E-state index in [0.29, 0.717) is 16.5 Å². The second-order valence-corrected chi connectivity index (χ2v) is 10.7. The Bertz CT molecular complexity index is 1630. The highest BCUT2D eigenvalue weighted by atomic mass is 32.2. The van der Waals surface area contributed by atoms with Crippen molar-refractivity contribution in [1.29, 1.82) is 0 Å². The minimum atomic E-state index is -3.91. The number of aromatic nitrogens is 1. The number of fused-ring (bicyclic) bond motifs is 1. The number of para-hydroxylation sites is 1. The lowest BCUT2D eigenvalue weighted by Crippen LogP contribution is -2.30. The molecule has 10 heteroatoms. The summed E-state index contributed by atoms with van der Waals surface area (Å²) in [6, 6.07) is 20.0. The van der Waals surface area contributed by atoms with Gasteiger partial charge in [-0.05, 0) is 79.2 Å². The molecule has 36 heavy (non-hydrogen) atoms. The number of nitrogens with zero attached hydrogens (tertiary/aromatic N) is 2. The molecule has 0 aliphatic carbocycles. The van der Waals surface area contributed by atoms with Crippen molar-refractivity contribution in [2.24, 2.45) is 0 Å². The standard InChI is InChI=1S/C26H20FN3O4S2/c1-17-4-2-6-23-24(17)28-26(35-23)30(16-21-5-3-15-34-21)25(31)18-7-11-20(12-8-18)29-36(32,33)22-13-9-19(27)10-14-22/h2-15,29H,16H2,1H3. The third-order valence-electron chi connectivity index (χ3n) is 5.49. The van der Waals surface area contributed by atoms with Crippen LogP contribution in [0.4, 0.5) is 15.2 Å². The molecule has 0 bridgehead atoms. The van der Waals surface area contributed by atoms with Gasteiger partial charge in [0, 0.05) is 11.3 Å². The van der Waals surface area contributed by atoms with Gasteiger partial charge in [-0.1, -0.05) is 23.5 Å². The SMILES string of the molecule is Cc1cccc2sc(N(Cc3ccco3)C(=O)c3ccc(NS(=O)(=O)c4ccc(F)cc4)cc3)nc12. The van der Waals surface area contributed by atoms with Crippen LogP contribution in [0.3, 0.4) is 0 Å². The number of hydrogen-bond acceptors (Lipinski definition) is 6. The molecule has 0 aliphatic heterocycles. The molecule has 2 heterocycles. The summed E-state index contributed by atoms with van der Waals surface area (Å²) in [5.74, 6) is -0.238. The molecule has 0 unspecified atom stereocenters. The van der Waals surface area contributed by atoms with Gasteiger partial charge in [-0.25, -0.2) is 17.8 Å². The van der Waals surface area contributed by atoms with Gasteiger partial charge in [0.25, 0.3) is 15.9 Å². The topological polar surface area (TPSA) is 92.5 Å². The number of nitrogens with one attached hydrogen (secondary N) is 1. The largest absolute Gasteiger partial charge is 0.467 e. The van der Waals surface area contributed by atoms with Crippen LogP contribution >= 0.6 is 11.3 Å². The van der Waals surface area contributed by atoms with Crippen molar-refractivity contribution in [2.45, 2.75) is 18.4 Å². The maximum absolute atomic E-state index is 13.6. The Hall–Kier alpha value is -4.02. The zero-order chi connectivity index (χ0) is 25.3. The van der Waals surface area contributed by atoms with E-state index in [4.69, 9.17) is 9.40 Å². The van der Waals surface area contributed by atoms with Gasteiger partial charge in [-0.3, -0.25) is 14.4 Å². The Morgan fingerprint density at radius 3 is 2.44 bits per heavy atom. The first kappa shape index (κ1) is 23.7. The van der Waals surface area contributed by atoms with E-state index in [2.05, 4.69) is 4.72 Å². The van der Waals surface area contributed by atoms with E-state index in [0.717, 1.165) is 27.9 Å². The van der Waals surface area contributed by atoms with Crippen molar-refractivity contribution in [3.8, 4) is 0 Å². The number of amides is 1. The first-order chi connectivity index (χ1) is 17.3. The lowest BCUT2D eigenvalue weighted by Gasteiger charge is -2.19. The van der Waals surface area contributed by atoms with Crippen LogP contribution in [0.25, 0.3) is 10.2 Å². The number of carbonyl (C=O) groups excluding carboxylic acids is 1. The Balaban J connectivity index is 1.42. The number of carbonyl (C=O) groups is 1. The van der Waals surface area contributed by atoms with Crippen LogP contribution in [0, 0.1) is 12.7 Å². The molecule has 0 aliphatic rings. The molecule has 0 fully saturated rings. The van der Waals surface area contributed by atoms with E-state index in [1.807, 2.05) is 25.1 Å². The average molecular weight is 522 g/mol. The van der Waals surface area contributed by atoms with Crippen LogP contribution in [0.1, 0.15) is 21.7 Å². The smallest absolute Gasteiger partial charge is 0.261 e. The normalized spacial score (nSPS) is 11.5. The quantitative estimate of drug-likeness (QED) is 0.284. The highest BCUT2D eigenvalue weighted by molar-refractivity contribution is 7.92. The summed E-state index contributed by atoms with van der Waals surface area (Å²) in [7, 11) is -3.91. The van der Waals surface area contributed by atoms with Crippen LogP contribution in [0.15, 0.2) is 94.4 Å². The predicted molar refractivity (Wildman–Crippen MR) is 137 cm³/mol. The number of rotatable bonds is 7. The van der Waals surface area contributed by atoms with Crippen LogP contribution in [-0.2, 0) is 16.6 Å². The fraction of sp³-hybridized carbons (Fsp3) is 0.0769. The molecule has 5 aromatic rings. The molecule has 0 atom stereocenters. The van der Waals surface area contributed by atoms with Crippen molar-refractivity contribution in [2.75, 3.05) is 9.62 Å². The third kappa shape index (κ3) is 4.86. The lowest BCUT2D eigenvalue weighted by molar-refractivity contribution is 0.0983. The minimum absolute atomic E-state index is 0.0696. The summed E-state index contributed by atoms with van der Waals surface area (Å²) in [5.41, 5.74) is 2.46. The fourth-order valence-corrected chi connectivity index (χ4v) is 5.74. The van der Waals surface area contributed by atoms with Crippen molar-refractivity contribution < 1.29 is 22.0 Å². The first-order valence-corrected chi connectivity index (χ1v) is 13.2. The zero-order valence-electron chi connectivity index (χ0n) is 19.0. The summed E-state index contributed by atoms with van der Waals surface area (Å²) in [6.45, 7) is 2.15. The maximum Gasteiger partial charge on any atom is 0.261 e. The summed E-state index contributed by atoms with van der Waals surface area (Å²) in [6.07, 6.45) is 1.54. The van der Waals surface area contributed by atoms with Crippen LogP contribution in [0.2, 0.25) is 0 Å². The Labute approximate surface area is 210 Å². The highest BCUT2D eigenvalue weighted by Gasteiger charge is 2.23. The van der Waals surface area contributed by atoms with Crippen LogP contribution < -0.4 is 9.62 Å². The van der Waals surface area contributed by atoms with Crippen molar-refractivity contribution in [3.05, 3.63) is 108 Å². The average Bonchev–Trinajstić information content (AvgIpc) is 3.53. The fourth-order valence-electron chi connectivity index (χ4n) is 3.64. The molecular weight excluding hydrogens is 501 g/mol. The molecule has 1 N–H and O–H groups in total. The van der Waals surface area contributed by atoms with Gasteiger partial charge in [-0.2, -0.15) is 0 Å². The van der Waals surface area contributed by atoms with Gasteiger partial charge < -0.3 is 4.42 Å². The zero-order valence-corrected chi connectivity index (χ0v) is 20.6. The Morgan fingerprint density at radius 2 is 1.78 bits per heavy atom. The molecule has 7 nitrogen and oxygen atoms in total. The molecule has 1 amide bonds. The molecule has 0 spiro atoms. The monoisotopic (exact) mass is 521 g/mol. The second-order valence-electron chi connectivity index (χ2n) is 8.03. The van der Waals surface area contributed by atoms with Gasteiger partial charge in [0.05, 0.1) is 27.9 Å². The van der Waals surface area contributed by atoms with E-state index in [9.17, 15) is 17.6 Å². The van der Waals surface area contributed by atoms with Gasteiger partial charge >= 0.3 is 0 Å². The molecule has 182 valence electrons. The number of anilines is 2. The van der Waals surface area contributed by atoms with Crippen LogP contribution in [-0.4, -0.2) is 19.3 Å². The van der Waals surface area contributed by atoms with Gasteiger partial charge in [0.15, 0.2) is 5.13 Å². The molecule has 3 aromatic carbocycles. The van der Waals surface area contributed by atoms with E-state index in [-0.39, 0.29) is 23.0 Å². The first-order valence-electron chi connectivity index (χ1n) is 10.9. The lowest BCUT2D eigenvalue weighted by atomic mass is 10.2. The number of aryl methyl sites for hydroxylation is 1. The Morgan fingerprint density at radius 1 is 1.03 bits per heavy atom. The summed E-state index contributed by atoms with van der Waals surface area (Å²) >= 11 is 1.41.